The van der Waals surface area contributed by atoms with Gasteiger partial charge in [-0.25, -0.2) is 0 Å². The lowest BCUT2D eigenvalue weighted by atomic mass is 9.70. The summed E-state index contributed by atoms with van der Waals surface area (Å²) in [6.45, 7) is 10.0. The van der Waals surface area contributed by atoms with Crippen molar-refractivity contribution >= 4 is 0 Å². The van der Waals surface area contributed by atoms with Crippen LogP contribution in [0.2, 0.25) is 0 Å². The van der Waals surface area contributed by atoms with E-state index in [1.807, 2.05) is 0 Å². The van der Waals surface area contributed by atoms with Crippen LogP contribution in [0.15, 0.2) is 0 Å². The Bertz CT molecular complexity index is 231. The number of nitrogens with one attached hydrogen (secondary N) is 1. The Balaban J connectivity index is 1.92. The molecule has 2 aliphatic rings. The lowest BCUT2D eigenvalue weighted by Gasteiger charge is -2.42. The number of likely N-dealkylation sites (tertiary alicyclic amines) is 1. The summed E-state index contributed by atoms with van der Waals surface area (Å²) in [5.41, 5.74) is 0.575. The molecular weight excluding hydrogens is 208 g/mol. The molecule has 1 heterocycles. The molecule has 1 saturated carbocycles. The van der Waals surface area contributed by atoms with Gasteiger partial charge in [0.1, 0.15) is 0 Å². The first-order chi connectivity index (χ1) is 8.13. The first kappa shape index (κ1) is 13.4. The quantitative estimate of drug-likeness (QED) is 0.810. The molecule has 2 nitrogen and oxygen atoms in total. The Hall–Kier alpha value is -0.0800. The van der Waals surface area contributed by atoms with E-state index < -0.39 is 0 Å². The van der Waals surface area contributed by atoms with Crippen molar-refractivity contribution in [2.75, 3.05) is 33.2 Å². The molecule has 17 heavy (non-hydrogen) atoms. The molecule has 1 N–H and O–H groups in total. The molecule has 1 atom stereocenters. The van der Waals surface area contributed by atoms with Crippen LogP contribution < -0.4 is 5.32 Å². The lowest BCUT2D eigenvalue weighted by Crippen LogP contribution is -2.45. The van der Waals surface area contributed by atoms with Crippen LogP contribution in [0.5, 0.6) is 0 Å². The minimum atomic E-state index is 0.575. The number of nitrogens with zero attached hydrogens (tertiary/aromatic N) is 1. The largest absolute Gasteiger partial charge is 0.319 e. The third kappa shape index (κ3) is 3.45. The highest BCUT2D eigenvalue weighted by Crippen LogP contribution is 2.39. The first-order valence-electron chi connectivity index (χ1n) is 7.50. The average Bonchev–Trinajstić information content (AvgIpc) is 2.69. The van der Waals surface area contributed by atoms with Crippen molar-refractivity contribution in [2.24, 2.45) is 17.3 Å². The molecule has 0 amide bonds. The van der Waals surface area contributed by atoms with Gasteiger partial charge in [0.2, 0.25) is 0 Å². The van der Waals surface area contributed by atoms with Crippen LogP contribution >= 0.6 is 0 Å². The van der Waals surface area contributed by atoms with Crippen molar-refractivity contribution in [2.45, 2.75) is 46.0 Å². The second-order valence-electron chi connectivity index (χ2n) is 6.84. The molecule has 0 aromatic heterocycles. The molecule has 0 bridgehead atoms. The van der Waals surface area contributed by atoms with Crippen molar-refractivity contribution in [1.82, 2.24) is 10.2 Å². The molecule has 1 unspecified atom stereocenters. The van der Waals surface area contributed by atoms with Crippen LogP contribution in [0.1, 0.15) is 46.0 Å². The van der Waals surface area contributed by atoms with Crippen molar-refractivity contribution in [3.05, 3.63) is 0 Å². The van der Waals surface area contributed by atoms with Crippen molar-refractivity contribution in [1.29, 1.82) is 0 Å². The van der Waals surface area contributed by atoms with E-state index in [2.05, 4.69) is 31.1 Å². The van der Waals surface area contributed by atoms with Gasteiger partial charge in [-0.2, -0.15) is 0 Å². The van der Waals surface area contributed by atoms with Gasteiger partial charge in [0, 0.05) is 19.6 Å². The van der Waals surface area contributed by atoms with Gasteiger partial charge in [0.15, 0.2) is 0 Å². The fourth-order valence-electron chi connectivity index (χ4n) is 3.78. The average molecular weight is 238 g/mol. The summed E-state index contributed by atoms with van der Waals surface area (Å²) < 4.78 is 0. The van der Waals surface area contributed by atoms with E-state index in [4.69, 9.17) is 0 Å². The molecule has 100 valence electrons. The zero-order valence-electron chi connectivity index (χ0n) is 12.0. The topological polar surface area (TPSA) is 15.3 Å². The SMILES string of the molecule is CNCC1(CN2CCC(C)C2)CCC(C)CC1. The molecule has 1 saturated heterocycles. The maximum atomic E-state index is 3.45. The maximum Gasteiger partial charge on any atom is 0.00503 e. The van der Waals surface area contributed by atoms with E-state index in [0.29, 0.717) is 5.41 Å². The molecule has 0 radical (unpaired) electrons. The summed E-state index contributed by atoms with van der Waals surface area (Å²) in [5, 5.41) is 3.45. The smallest absolute Gasteiger partial charge is 0.00503 e. The highest BCUT2D eigenvalue weighted by molar-refractivity contribution is 4.90. The van der Waals surface area contributed by atoms with Crippen LogP contribution in [0.4, 0.5) is 0 Å². The Morgan fingerprint density at radius 1 is 1.12 bits per heavy atom. The van der Waals surface area contributed by atoms with Gasteiger partial charge in [-0.05, 0) is 50.1 Å². The third-order valence-corrected chi connectivity index (χ3v) is 4.95. The first-order valence-corrected chi connectivity index (χ1v) is 7.50. The monoisotopic (exact) mass is 238 g/mol. The molecule has 0 aromatic carbocycles. The van der Waals surface area contributed by atoms with Crippen molar-refractivity contribution in [3.63, 3.8) is 0 Å². The number of rotatable bonds is 4. The zero-order chi connectivity index (χ0) is 12.3. The third-order valence-electron chi connectivity index (χ3n) is 4.95. The second kappa shape index (κ2) is 5.71. The van der Waals surface area contributed by atoms with E-state index >= 15 is 0 Å². The minimum absolute atomic E-state index is 0.575. The van der Waals surface area contributed by atoms with E-state index in [0.717, 1.165) is 11.8 Å². The minimum Gasteiger partial charge on any atom is -0.319 e. The Kier molecular flexibility index (Phi) is 4.48. The molecule has 1 aliphatic heterocycles. The summed E-state index contributed by atoms with van der Waals surface area (Å²) in [5.74, 6) is 1.88. The van der Waals surface area contributed by atoms with Gasteiger partial charge in [0.25, 0.3) is 0 Å². The maximum absolute atomic E-state index is 3.45. The van der Waals surface area contributed by atoms with E-state index in [9.17, 15) is 0 Å². The summed E-state index contributed by atoms with van der Waals surface area (Å²) in [6, 6.07) is 0. The van der Waals surface area contributed by atoms with Crippen LogP contribution in [0.25, 0.3) is 0 Å². The number of hydrogen-bond donors (Lipinski definition) is 1. The van der Waals surface area contributed by atoms with Crippen LogP contribution in [-0.4, -0.2) is 38.1 Å². The summed E-state index contributed by atoms with van der Waals surface area (Å²) in [4.78, 5) is 2.72. The normalized spacial score (nSPS) is 39.7. The molecule has 0 spiro atoms. The summed E-state index contributed by atoms with van der Waals surface area (Å²) >= 11 is 0. The van der Waals surface area contributed by atoms with E-state index in [-0.39, 0.29) is 0 Å². The Morgan fingerprint density at radius 2 is 1.82 bits per heavy atom. The summed E-state index contributed by atoms with van der Waals surface area (Å²) in [6.07, 6.45) is 7.14. The zero-order valence-corrected chi connectivity index (χ0v) is 12.0. The van der Waals surface area contributed by atoms with Gasteiger partial charge < -0.3 is 10.2 Å². The van der Waals surface area contributed by atoms with Crippen molar-refractivity contribution in [3.8, 4) is 0 Å². The van der Waals surface area contributed by atoms with E-state index in [1.165, 1.54) is 58.3 Å². The second-order valence-corrected chi connectivity index (χ2v) is 6.84. The van der Waals surface area contributed by atoms with Gasteiger partial charge >= 0.3 is 0 Å². The van der Waals surface area contributed by atoms with Gasteiger partial charge in [0.05, 0.1) is 0 Å². The predicted molar refractivity (Wildman–Crippen MR) is 74.2 cm³/mol. The summed E-state index contributed by atoms with van der Waals surface area (Å²) in [7, 11) is 2.12. The highest BCUT2D eigenvalue weighted by Gasteiger charge is 2.36. The van der Waals surface area contributed by atoms with Crippen molar-refractivity contribution < 1.29 is 0 Å². The fraction of sp³-hybridized carbons (Fsp3) is 1.00. The Labute approximate surface area is 107 Å². The fourth-order valence-corrected chi connectivity index (χ4v) is 3.78. The van der Waals surface area contributed by atoms with E-state index in [1.54, 1.807) is 0 Å². The van der Waals surface area contributed by atoms with Gasteiger partial charge in [-0.15, -0.1) is 0 Å². The molecule has 1 aliphatic carbocycles. The van der Waals surface area contributed by atoms with Crippen LogP contribution in [0, 0.1) is 17.3 Å². The lowest BCUT2D eigenvalue weighted by molar-refractivity contribution is 0.0987. The highest BCUT2D eigenvalue weighted by atomic mass is 15.2. The molecule has 0 aromatic rings. The van der Waals surface area contributed by atoms with Crippen LogP contribution in [-0.2, 0) is 0 Å². The molecule has 2 fully saturated rings. The molecule has 2 rings (SSSR count). The number of hydrogen-bond acceptors (Lipinski definition) is 2. The Morgan fingerprint density at radius 3 is 2.35 bits per heavy atom. The van der Waals surface area contributed by atoms with Crippen LogP contribution in [0.3, 0.4) is 0 Å². The predicted octanol–water partition coefficient (Wildman–Crippen LogP) is 2.74. The molecule has 2 heteroatoms. The van der Waals surface area contributed by atoms with Gasteiger partial charge in [-0.3, -0.25) is 0 Å². The van der Waals surface area contributed by atoms with Gasteiger partial charge in [-0.1, -0.05) is 26.7 Å². The molecular formula is C15H30N2. The standard InChI is InChI=1S/C15H30N2/c1-13-4-7-15(8-5-13,11-16-3)12-17-9-6-14(2)10-17/h13-14,16H,4-12H2,1-3H3.